The highest BCUT2D eigenvalue weighted by molar-refractivity contribution is 6.30. The Balaban J connectivity index is 2.37. The number of rotatable bonds is 0. The molecule has 0 unspecified atom stereocenters. The van der Waals surface area contributed by atoms with E-state index in [4.69, 9.17) is 11.6 Å². The maximum Gasteiger partial charge on any atom is 0.159 e. The van der Waals surface area contributed by atoms with Crippen molar-refractivity contribution in [1.29, 1.82) is 0 Å². The third-order valence-electron chi connectivity index (χ3n) is 3.03. The molecular formula is C11H12ClN3. The van der Waals surface area contributed by atoms with Crippen LogP contribution in [0.3, 0.4) is 0 Å². The van der Waals surface area contributed by atoms with Gasteiger partial charge in [-0.1, -0.05) is 11.6 Å². The van der Waals surface area contributed by atoms with Crippen LogP contribution in [0.5, 0.6) is 0 Å². The van der Waals surface area contributed by atoms with E-state index in [2.05, 4.69) is 10.1 Å². The van der Waals surface area contributed by atoms with Gasteiger partial charge in [0.05, 0.1) is 6.20 Å². The molecule has 0 fully saturated rings. The summed E-state index contributed by atoms with van der Waals surface area (Å²) in [4.78, 5) is 4.65. The van der Waals surface area contributed by atoms with Crippen LogP contribution < -0.4 is 0 Å². The average Bonchev–Trinajstić information content (AvgIpc) is 2.62. The first-order chi connectivity index (χ1) is 7.27. The first-order valence-corrected chi connectivity index (χ1v) is 5.67. The standard InChI is InChI=1S/C11H12ClN3/c1-7-6-13-15-10(12)8-4-2-3-5-9(8)14-11(7)15/h6H,2-5H2,1H3. The van der Waals surface area contributed by atoms with E-state index in [-0.39, 0.29) is 0 Å². The molecule has 0 amide bonds. The fourth-order valence-electron chi connectivity index (χ4n) is 2.19. The Labute approximate surface area is 93.1 Å². The molecule has 0 aliphatic heterocycles. The summed E-state index contributed by atoms with van der Waals surface area (Å²) in [5.74, 6) is 0. The molecule has 1 aliphatic carbocycles. The minimum atomic E-state index is 0.753. The predicted octanol–water partition coefficient (Wildman–Crippen LogP) is 2.57. The first kappa shape index (κ1) is 9.16. The summed E-state index contributed by atoms with van der Waals surface area (Å²) < 4.78 is 1.75. The summed E-state index contributed by atoms with van der Waals surface area (Å²) in [7, 11) is 0. The number of fused-ring (bicyclic) bond motifs is 2. The summed E-state index contributed by atoms with van der Waals surface area (Å²) in [6.07, 6.45) is 6.34. The normalized spacial score (nSPS) is 15.6. The van der Waals surface area contributed by atoms with Crippen molar-refractivity contribution in [3.8, 4) is 0 Å². The van der Waals surface area contributed by atoms with Crippen LogP contribution >= 0.6 is 11.6 Å². The Morgan fingerprint density at radius 3 is 3.00 bits per heavy atom. The molecule has 1 aliphatic rings. The zero-order valence-corrected chi connectivity index (χ0v) is 9.38. The quantitative estimate of drug-likeness (QED) is 0.640. The van der Waals surface area contributed by atoms with Crippen molar-refractivity contribution in [2.24, 2.45) is 0 Å². The van der Waals surface area contributed by atoms with Gasteiger partial charge in [0.25, 0.3) is 0 Å². The summed E-state index contributed by atoms with van der Waals surface area (Å²) in [5.41, 5.74) is 4.35. The Morgan fingerprint density at radius 1 is 1.33 bits per heavy atom. The number of halogens is 1. The highest BCUT2D eigenvalue weighted by atomic mass is 35.5. The third kappa shape index (κ3) is 1.26. The van der Waals surface area contributed by atoms with Gasteiger partial charge in [-0.15, -0.1) is 0 Å². The van der Waals surface area contributed by atoms with Crippen LogP contribution in [0.15, 0.2) is 6.20 Å². The molecule has 4 heteroatoms. The van der Waals surface area contributed by atoms with Crippen LogP contribution in [0, 0.1) is 6.92 Å². The van der Waals surface area contributed by atoms with Crippen LogP contribution in [0.1, 0.15) is 29.7 Å². The second-order valence-corrected chi connectivity index (χ2v) is 4.46. The molecule has 15 heavy (non-hydrogen) atoms. The highest BCUT2D eigenvalue weighted by Crippen LogP contribution is 2.27. The van der Waals surface area contributed by atoms with Crippen molar-refractivity contribution >= 4 is 17.2 Å². The van der Waals surface area contributed by atoms with Crippen molar-refractivity contribution in [3.63, 3.8) is 0 Å². The smallest absolute Gasteiger partial charge is 0.159 e. The molecule has 0 spiro atoms. The van der Waals surface area contributed by atoms with E-state index >= 15 is 0 Å². The zero-order valence-electron chi connectivity index (χ0n) is 8.63. The monoisotopic (exact) mass is 221 g/mol. The predicted molar refractivity (Wildman–Crippen MR) is 59.4 cm³/mol. The molecule has 0 aromatic carbocycles. The summed E-state index contributed by atoms with van der Waals surface area (Å²) in [5, 5.41) is 5.00. The van der Waals surface area contributed by atoms with Crippen LogP contribution in [0.4, 0.5) is 0 Å². The Morgan fingerprint density at radius 2 is 2.13 bits per heavy atom. The van der Waals surface area contributed by atoms with Gasteiger partial charge in [-0.25, -0.2) is 9.50 Å². The van der Waals surface area contributed by atoms with Gasteiger partial charge in [0.2, 0.25) is 0 Å². The maximum atomic E-state index is 6.33. The Bertz CT molecular complexity index is 530. The highest BCUT2D eigenvalue weighted by Gasteiger charge is 2.18. The van der Waals surface area contributed by atoms with Gasteiger partial charge in [0.1, 0.15) is 5.15 Å². The van der Waals surface area contributed by atoms with Gasteiger partial charge in [0, 0.05) is 16.8 Å². The molecule has 0 radical (unpaired) electrons. The first-order valence-electron chi connectivity index (χ1n) is 5.29. The van der Waals surface area contributed by atoms with Crippen molar-refractivity contribution in [1.82, 2.24) is 14.6 Å². The number of aryl methyl sites for hydroxylation is 2. The van der Waals surface area contributed by atoms with E-state index in [9.17, 15) is 0 Å². The maximum absolute atomic E-state index is 6.33. The number of nitrogens with zero attached hydrogens (tertiary/aromatic N) is 3. The zero-order chi connectivity index (χ0) is 10.4. The van der Waals surface area contributed by atoms with E-state index < -0.39 is 0 Å². The molecule has 2 heterocycles. The van der Waals surface area contributed by atoms with E-state index in [1.807, 2.05) is 13.1 Å². The van der Waals surface area contributed by atoms with Crippen LogP contribution in [-0.2, 0) is 12.8 Å². The number of hydrogen-bond donors (Lipinski definition) is 0. The second-order valence-electron chi connectivity index (χ2n) is 4.10. The van der Waals surface area contributed by atoms with E-state index in [1.165, 1.54) is 24.1 Å². The molecule has 3 rings (SSSR count). The molecule has 0 bridgehead atoms. The van der Waals surface area contributed by atoms with Gasteiger partial charge in [-0.05, 0) is 32.6 Å². The second kappa shape index (κ2) is 3.20. The Kier molecular flexibility index (Phi) is 1.96. The van der Waals surface area contributed by atoms with Crippen molar-refractivity contribution in [2.75, 3.05) is 0 Å². The SMILES string of the molecule is Cc1cnn2c(Cl)c3c(nc12)CCCC3. The van der Waals surface area contributed by atoms with Crippen molar-refractivity contribution in [3.05, 3.63) is 28.2 Å². The molecule has 3 nitrogen and oxygen atoms in total. The van der Waals surface area contributed by atoms with Crippen LogP contribution in [0.2, 0.25) is 5.15 Å². The third-order valence-corrected chi connectivity index (χ3v) is 3.42. The fourth-order valence-corrected chi connectivity index (χ4v) is 2.52. The molecule has 0 atom stereocenters. The van der Waals surface area contributed by atoms with E-state index in [0.29, 0.717) is 0 Å². The van der Waals surface area contributed by atoms with Gasteiger partial charge in [-0.3, -0.25) is 0 Å². The van der Waals surface area contributed by atoms with E-state index in [0.717, 1.165) is 29.2 Å². The Hall–Kier alpha value is -1.09. The topological polar surface area (TPSA) is 30.2 Å². The van der Waals surface area contributed by atoms with Crippen molar-refractivity contribution in [2.45, 2.75) is 32.6 Å². The number of aromatic nitrogens is 3. The fraction of sp³-hybridized carbons (Fsp3) is 0.455. The molecule has 2 aromatic heterocycles. The summed E-state index contributed by atoms with van der Waals surface area (Å²) in [6.45, 7) is 2.01. The average molecular weight is 222 g/mol. The number of hydrogen-bond acceptors (Lipinski definition) is 2. The molecule has 0 N–H and O–H groups in total. The van der Waals surface area contributed by atoms with Gasteiger partial charge >= 0.3 is 0 Å². The van der Waals surface area contributed by atoms with Crippen molar-refractivity contribution < 1.29 is 0 Å². The summed E-state index contributed by atoms with van der Waals surface area (Å²) in [6, 6.07) is 0. The molecule has 0 saturated heterocycles. The van der Waals surface area contributed by atoms with Crippen LogP contribution in [-0.4, -0.2) is 14.6 Å². The van der Waals surface area contributed by atoms with Gasteiger partial charge in [0.15, 0.2) is 5.65 Å². The lowest BCUT2D eigenvalue weighted by atomic mass is 9.97. The van der Waals surface area contributed by atoms with Gasteiger partial charge in [-0.2, -0.15) is 5.10 Å². The molecule has 78 valence electrons. The molecule has 0 saturated carbocycles. The largest absolute Gasteiger partial charge is 0.233 e. The van der Waals surface area contributed by atoms with E-state index in [1.54, 1.807) is 4.52 Å². The van der Waals surface area contributed by atoms with Crippen LogP contribution in [0.25, 0.3) is 5.65 Å². The van der Waals surface area contributed by atoms with Gasteiger partial charge < -0.3 is 0 Å². The lowest BCUT2D eigenvalue weighted by Crippen LogP contribution is -2.10. The molecular weight excluding hydrogens is 210 g/mol. The lowest BCUT2D eigenvalue weighted by Gasteiger charge is -2.16. The minimum absolute atomic E-state index is 0.753. The molecule has 2 aromatic rings. The minimum Gasteiger partial charge on any atom is -0.233 e. The summed E-state index contributed by atoms with van der Waals surface area (Å²) >= 11 is 6.33. The lowest BCUT2D eigenvalue weighted by molar-refractivity contribution is 0.660.